The lowest BCUT2D eigenvalue weighted by atomic mass is 10.2. The molecule has 2 aromatic rings. The van der Waals surface area contributed by atoms with Gasteiger partial charge in [-0.2, -0.15) is 0 Å². The molecule has 1 aliphatic rings. The zero-order chi connectivity index (χ0) is 18.5. The minimum absolute atomic E-state index is 0.0281. The molecule has 26 heavy (non-hydrogen) atoms. The Bertz CT molecular complexity index is 871. The van der Waals surface area contributed by atoms with Gasteiger partial charge in [0.2, 0.25) is 5.91 Å². The van der Waals surface area contributed by atoms with E-state index in [1.807, 2.05) is 6.92 Å². The topological polar surface area (TPSA) is 95.8 Å². The van der Waals surface area contributed by atoms with Gasteiger partial charge in [-0.25, -0.2) is 4.98 Å². The van der Waals surface area contributed by atoms with E-state index in [1.165, 1.54) is 10.6 Å². The zero-order valence-electron chi connectivity index (χ0n) is 14.8. The highest BCUT2D eigenvalue weighted by Crippen LogP contribution is 2.10. The molecule has 0 atom stereocenters. The van der Waals surface area contributed by atoms with E-state index >= 15 is 0 Å². The number of amides is 2. The van der Waals surface area contributed by atoms with Gasteiger partial charge in [-0.3, -0.25) is 18.8 Å². The van der Waals surface area contributed by atoms with Crippen LogP contribution in [-0.2, 0) is 4.79 Å². The molecule has 1 aliphatic heterocycles. The van der Waals surface area contributed by atoms with Crippen LogP contribution >= 0.6 is 0 Å². The van der Waals surface area contributed by atoms with Gasteiger partial charge in [0.1, 0.15) is 5.69 Å². The van der Waals surface area contributed by atoms with E-state index in [0.29, 0.717) is 17.8 Å². The Morgan fingerprint density at radius 3 is 2.77 bits per heavy atom. The molecule has 0 radical (unpaired) electrons. The number of hydrogen-bond donors (Lipinski definition) is 2. The smallest absolute Gasteiger partial charge is 0.281 e. The monoisotopic (exact) mass is 357 g/mol. The van der Waals surface area contributed by atoms with Gasteiger partial charge in [0, 0.05) is 25.8 Å². The molecule has 0 unspecified atom stereocenters. The van der Waals surface area contributed by atoms with Gasteiger partial charge >= 0.3 is 0 Å². The molecule has 2 aromatic heterocycles. The lowest BCUT2D eigenvalue weighted by Crippen LogP contribution is -2.34. The summed E-state index contributed by atoms with van der Waals surface area (Å²) in [5, 5.41) is 5.66. The van der Waals surface area contributed by atoms with E-state index in [1.54, 1.807) is 23.2 Å². The number of nitrogens with zero attached hydrogens (tertiary/aromatic N) is 3. The van der Waals surface area contributed by atoms with Crippen LogP contribution in [0.15, 0.2) is 29.3 Å². The van der Waals surface area contributed by atoms with Crippen LogP contribution in [0.5, 0.6) is 0 Å². The number of carbonyl (C=O) groups excluding carboxylic acids is 2. The third-order valence-electron chi connectivity index (χ3n) is 4.40. The maximum absolute atomic E-state index is 12.7. The predicted molar refractivity (Wildman–Crippen MR) is 98.4 cm³/mol. The fourth-order valence-electron chi connectivity index (χ4n) is 2.99. The van der Waals surface area contributed by atoms with Crippen molar-refractivity contribution in [1.82, 2.24) is 19.6 Å². The van der Waals surface area contributed by atoms with Gasteiger partial charge in [0.25, 0.3) is 11.5 Å². The van der Waals surface area contributed by atoms with Crippen molar-refractivity contribution >= 4 is 23.1 Å². The molecule has 0 saturated carbocycles. The summed E-state index contributed by atoms with van der Waals surface area (Å²) in [5.74, 6) is -0.290. The molecule has 8 heteroatoms. The molecule has 1 saturated heterocycles. The van der Waals surface area contributed by atoms with Crippen LogP contribution in [0.4, 0.5) is 5.69 Å². The third-order valence-corrected chi connectivity index (χ3v) is 4.40. The molecule has 0 spiro atoms. The Morgan fingerprint density at radius 1 is 1.27 bits per heavy atom. The lowest BCUT2D eigenvalue weighted by molar-refractivity contribution is -0.128. The van der Waals surface area contributed by atoms with Crippen molar-refractivity contribution in [3.63, 3.8) is 0 Å². The number of rotatable bonds is 6. The predicted octanol–water partition coefficient (Wildman–Crippen LogP) is 0.869. The van der Waals surface area contributed by atoms with Crippen LogP contribution in [0.3, 0.4) is 0 Å². The average Bonchev–Trinajstić information content (AvgIpc) is 3.20. The van der Waals surface area contributed by atoms with Gasteiger partial charge in [-0.15, -0.1) is 0 Å². The quantitative estimate of drug-likeness (QED) is 0.800. The third kappa shape index (κ3) is 3.68. The van der Waals surface area contributed by atoms with E-state index in [2.05, 4.69) is 15.6 Å². The number of likely N-dealkylation sites (tertiary alicyclic amines) is 1. The standard InChI is InChI=1S/C18H23N5O3/c1-2-7-19-17(25)13-6-5-10-23-16(13)21-11-14(18(23)26)20-12-15(24)22-8-3-4-9-22/h5-6,10-11,20H,2-4,7-9,12H2,1H3,(H,19,25). The molecule has 8 nitrogen and oxygen atoms in total. The van der Waals surface area contributed by atoms with Gasteiger partial charge in [-0.05, 0) is 31.4 Å². The first-order chi connectivity index (χ1) is 12.6. The van der Waals surface area contributed by atoms with Crippen molar-refractivity contribution in [3.05, 3.63) is 40.4 Å². The minimum Gasteiger partial charge on any atom is -0.370 e. The maximum atomic E-state index is 12.7. The van der Waals surface area contributed by atoms with Crippen LogP contribution in [0.25, 0.3) is 5.65 Å². The molecular weight excluding hydrogens is 334 g/mol. The summed E-state index contributed by atoms with van der Waals surface area (Å²) in [6.45, 7) is 4.12. The molecular formula is C18H23N5O3. The lowest BCUT2D eigenvalue weighted by Gasteiger charge is -2.16. The van der Waals surface area contributed by atoms with Gasteiger partial charge in [0.05, 0.1) is 18.3 Å². The van der Waals surface area contributed by atoms with Crippen LogP contribution < -0.4 is 16.2 Å². The molecule has 1 fully saturated rings. The molecule has 138 valence electrons. The molecule has 2 amide bonds. The Balaban J connectivity index is 1.81. The first-order valence-corrected chi connectivity index (χ1v) is 8.92. The van der Waals surface area contributed by atoms with Crippen molar-refractivity contribution in [2.45, 2.75) is 26.2 Å². The van der Waals surface area contributed by atoms with Crippen LogP contribution in [0.2, 0.25) is 0 Å². The Kier molecular flexibility index (Phi) is 5.50. The average molecular weight is 357 g/mol. The number of fused-ring (bicyclic) bond motifs is 1. The number of nitrogens with one attached hydrogen (secondary N) is 2. The van der Waals surface area contributed by atoms with E-state index in [9.17, 15) is 14.4 Å². The normalized spacial score (nSPS) is 13.8. The number of hydrogen-bond acceptors (Lipinski definition) is 5. The summed E-state index contributed by atoms with van der Waals surface area (Å²) in [4.78, 5) is 43.1. The Morgan fingerprint density at radius 2 is 2.04 bits per heavy atom. The summed E-state index contributed by atoms with van der Waals surface area (Å²) < 4.78 is 1.32. The molecule has 0 aromatic carbocycles. The van der Waals surface area contributed by atoms with Gasteiger partial charge in [-0.1, -0.05) is 6.92 Å². The zero-order valence-corrected chi connectivity index (χ0v) is 14.8. The van der Waals surface area contributed by atoms with Crippen molar-refractivity contribution in [2.75, 3.05) is 31.5 Å². The molecule has 2 N–H and O–H groups in total. The van der Waals surface area contributed by atoms with E-state index < -0.39 is 0 Å². The highest BCUT2D eigenvalue weighted by atomic mass is 16.2. The van der Waals surface area contributed by atoms with E-state index in [4.69, 9.17) is 0 Å². The van der Waals surface area contributed by atoms with Crippen molar-refractivity contribution in [3.8, 4) is 0 Å². The second-order valence-corrected chi connectivity index (χ2v) is 6.29. The van der Waals surface area contributed by atoms with E-state index in [-0.39, 0.29) is 29.6 Å². The highest BCUT2D eigenvalue weighted by molar-refractivity contribution is 5.99. The summed E-state index contributed by atoms with van der Waals surface area (Å²) in [5.41, 5.74) is 0.538. The van der Waals surface area contributed by atoms with Crippen LogP contribution in [0, 0.1) is 0 Å². The minimum atomic E-state index is -0.339. The molecule has 0 bridgehead atoms. The van der Waals surface area contributed by atoms with Crippen molar-refractivity contribution in [2.24, 2.45) is 0 Å². The van der Waals surface area contributed by atoms with E-state index in [0.717, 1.165) is 32.4 Å². The largest absolute Gasteiger partial charge is 0.370 e. The summed E-state index contributed by atoms with van der Waals surface area (Å²) in [7, 11) is 0. The molecule has 3 rings (SSSR count). The number of aromatic nitrogens is 2. The summed E-state index contributed by atoms with van der Waals surface area (Å²) >= 11 is 0. The second kappa shape index (κ2) is 7.99. The highest BCUT2D eigenvalue weighted by Gasteiger charge is 2.18. The van der Waals surface area contributed by atoms with Crippen molar-refractivity contribution in [1.29, 1.82) is 0 Å². The van der Waals surface area contributed by atoms with Gasteiger partial charge in [0.15, 0.2) is 5.65 Å². The second-order valence-electron chi connectivity index (χ2n) is 6.29. The molecule has 3 heterocycles. The Labute approximate surface area is 151 Å². The fraction of sp³-hybridized carbons (Fsp3) is 0.444. The number of carbonyl (C=O) groups is 2. The van der Waals surface area contributed by atoms with Crippen LogP contribution in [-0.4, -0.2) is 52.3 Å². The first-order valence-electron chi connectivity index (χ1n) is 8.92. The maximum Gasteiger partial charge on any atom is 0.281 e. The summed E-state index contributed by atoms with van der Waals surface area (Å²) in [6.07, 6.45) is 5.81. The molecule has 0 aliphatic carbocycles. The fourth-order valence-corrected chi connectivity index (χ4v) is 2.99. The van der Waals surface area contributed by atoms with Crippen molar-refractivity contribution < 1.29 is 9.59 Å². The van der Waals surface area contributed by atoms with Crippen LogP contribution in [0.1, 0.15) is 36.5 Å². The summed E-state index contributed by atoms with van der Waals surface area (Å²) in [6, 6.07) is 3.27. The van der Waals surface area contributed by atoms with Gasteiger partial charge < -0.3 is 15.5 Å². The SMILES string of the molecule is CCCNC(=O)c1cccn2c(=O)c(NCC(=O)N3CCCC3)cnc12. The number of pyridine rings is 1. The Hall–Kier alpha value is -2.90. The number of anilines is 1. The first kappa shape index (κ1) is 17.9.